The molecule has 1 amide bonds. The summed E-state index contributed by atoms with van der Waals surface area (Å²) < 4.78 is 0. The Morgan fingerprint density at radius 3 is 2.57 bits per heavy atom. The van der Waals surface area contributed by atoms with E-state index in [1.54, 1.807) is 11.8 Å². The van der Waals surface area contributed by atoms with E-state index in [9.17, 15) is 4.79 Å². The van der Waals surface area contributed by atoms with Crippen molar-refractivity contribution in [3.8, 4) is 0 Å². The van der Waals surface area contributed by atoms with Gasteiger partial charge in [-0.1, -0.05) is 37.7 Å². The minimum absolute atomic E-state index is 0.0328. The summed E-state index contributed by atoms with van der Waals surface area (Å²) in [5.41, 5.74) is 2.87. The molecule has 1 aliphatic rings. The van der Waals surface area contributed by atoms with E-state index in [4.69, 9.17) is 9.97 Å². The zero-order valence-corrected chi connectivity index (χ0v) is 19.3. The average Bonchev–Trinajstić information content (AvgIpc) is 2.77. The summed E-state index contributed by atoms with van der Waals surface area (Å²) in [5.74, 6) is 1.73. The van der Waals surface area contributed by atoms with Crippen molar-refractivity contribution in [2.24, 2.45) is 0 Å². The van der Waals surface area contributed by atoms with E-state index in [1.807, 2.05) is 38.1 Å². The lowest BCUT2D eigenvalue weighted by Gasteiger charge is -2.34. The Kier molecular flexibility index (Phi) is 8.10. The van der Waals surface area contributed by atoms with Gasteiger partial charge in [0.1, 0.15) is 5.82 Å². The van der Waals surface area contributed by atoms with E-state index < -0.39 is 0 Å². The number of rotatable bonds is 8. The van der Waals surface area contributed by atoms with E-state index in [1.165, 1.54) is 0 Å². The molecule has 1 aliphatic heterocycles. The first-order valence-corrected chi connectivity index (χ1v) is 11.8. The van der Waals surface area contributed by atoms with Crippen LogP contribution in [0.15, 0.2) is 35.5 Å². The van der Waals surface area contributed by atoms with Crippen LogP contribution in [-0.2, 0) is 12.2 Å². The first kappa shape index (κ1) is 22.6. The maximum Gasteiger partial charge on any atom is 0.251 e. The Bertz CT molecular complexity index is 849. The molecule has 1 aromatic heterocycles. The molecule has 1 fully saturated rings. The number of piperazine rings is 1. The fourth-order valence-corrected chi connectivity index (χ4v) is 4.27. The van der Waals surface area contributed by atoms with Gasteiger partial charge in [0.25, 0.3) is 5.91 Å². The first-order chi connectivity index (χ1) is 14.5. The normalized spacial score (nSPS) is 14.9. The zero-order chi connectivity index (χ0) is 21.5. The fourth-order valence-electron chi connectivity index (χ4n) is 3.46. The number of aryl methyl sites for hydroxylation is 1. The van der Waals surface area contributed by atoms with Crippen LogP contribution >= 0.6 is 11.8 Å². The Labute approximate surface area is 184 Å². The number of carbonyl (C=O) groups excluding carboxylic acids is 1. The van der Waals surface area contributed by atoms with Gasteiger partial charge in [-0.15, -0.1) is 0 Å². The second kappa shape index (κ2) is 10.8. The monoisotopic (exact) mass is 427 g/mol. The van der Waals surface area contributed by atoms with Crippen molar-refractivity contribution in [2.45, 2.75) is 51.1 Å². The summed E-state index contributed by atoms with van der Waals surface area (Å²) in [5, 5.41) is 3.75. The second-order valence-corrected chi connectivity index (χ2v) is 8.83. The molecule has 30 heavy (non-hydrogen) atoms. The summed E-state index contributed by atoms with van der Waals surface area (Å²) in [6.07, 6.45) is 0.892. The van der Waals surface area contributed by atoms with Crippen LogP contribution in [0.1, 0.15) is 49.3 Å². The maximum absolute atomic E-state index is 12.3. The SMILES string of the molecule is CCc1cc(N2CCN(CC)CC2)nc(SCc2cccc(C(=O)NC(C)C)c2)n1. The molecule has 1 N–H and O–H groups in total. The standard InChI is InChI=1S/C23H33N5OS/c1-5-20-15-21(28-12-10-27(6-2)11-13-28)26-23(25-20)30-16-18-8-7-9-19(14-18)22(29)24-17(3)4/h7-9,14-15,17H,5-6,10-13,16H2,1-4H3,(H,24,29). The van der Waals surface area contributed by atoms with E-state index in [0.29, 0.717) is 5.56 Å². The number of carbonyl (C=O) groups is 1. The quantitative estimate of drug-likeness (QED) is 0.513. The van der Waals surface area contributed by atoms with Crippen LogP contribution in [0.3, 0.4) is 0 Å². The summed E-state index contributed by atoms with van der Waals surface area (Å²) in [6, 6.07) is 10.1. The molecule has 2 aromatic rings. The third-order valence-electron chi connectivity index (χ3n) is 5.23. The molecular formula is C23H33N5OS. The van der Waals surface area contributed by atoms with Crippen molar-refractivity contribution in [3.05, 3.63) is 47.2 Å². The zero-order valence-electron chi connectivity index (χ0n) is 18.5. The molecule has 0 saturated carbocycles. The summed E-state index contributed by atoms with van der Waals surface area (Å²) in [7, 11) is 0. The van der Waals surface area contributed by atoms with E-state index in [2.05, 4.69) is 35.0 Å². The Balaban J connectivity index is 1.69. The minimum atomic E-state index is -0.0328. The number of thioether (sulfide) groups is 1. The van der Waals surface area contributed by atoms with Gasteiger partial charge in [-0.3, -0.25) is 4.79 Å². The minimum Gasteiger partial charge on any atom is -0.354 e. The molecule has 7 heteroatoms. The van der Waals surface area contributed by atoms with Crippen LogP contribution in [0, 0.1) is 0 Å². The van der Waals surface area contributed by atoms with Crippen LogP contribution in [0.2, 0.25) is 0 Å². The van der Waals surface area contributed by atoms with Crippen molar-refractivity contribution < 1.29 is 4.79 Å². The summed E-state index contributed by atoms with van der Waals surface area (Å²) in [4.78, 5) is 26.7. The number of nitrogens with one attached hydrogen (secondary N) is 1. The molecule has 3 rings (SSSR count). The largest absolute Gasteiger partial charge is 0.354 e. The smallest absolute Gasteiger partial charge is 0.251 e. The number of hydrogen-bond donors (Lipinski definition) is 1. The highest BCUT2D eigenvalue weighted by atomic mass is 32.2. The number of likely N-dealkylation sites (N-methyl/N-ethyl adjacent to an activating group) is 1. The van der Waals surface area contributed by atoms with Gasteiger partial charge in [0.15, 0.2) is 5.16 Å². The van der Waals surface area contributed by atoms with Gasteiger partial charge in [0.2, 0.25) is 0 Å². The predicted octanol–water partition coefficient (Wildman–Crippen LogP) is 3.61. The molecule has 1 aromatic carbocycles. The lowest BCUT2D eigenvalue weighted by molar-refractivity contribution is 0.0943. The number of hydrogen-bond acceptors (Lipinski definition) is 6. The van der Waals surface area contributed by atoms with Crippen LogP contribution in [-0.4, -0.2) is 59.5 Å². The van der Waals surface area contributed by atoms with Crippen molar-refractivity contribution in [3.63, 3.8) is 0 Å². The number of amides is 1. The lowest BCUT2D eigenvalue weighted by Crippen LogP contribution is -2.46. The van der Waals surface area contributed by atoms with Crippen LogP contribution in [0.5, 0.6) is 0 Å². The summed E-state index contributed by atoms with van der Waals surface area (Å²) in [6.45, 7) is 13.6. The number of nitrogens with zero attached hydrogens (tertiary/aromatic N) is 4. The maximum atomic E-state index is 12.3. The number of benzene rings is 1. The fraction of sp³-hybridized carbons (Fsp3) is 0.522. The molecule has 6 nitrogen and oxygen atoms in total. The molecule has 0 atom stereocenters. The van der Waals surface area contributed by atoms with Gasteiger partial charge in [0.05, 0.1) is 0 Å². The van der Waals surface area contributed by atoms with Gasteiger partial charge >= 0.3 is 0 Å². The lowest BCUT2D eigenvalue weighted by atomic mass is 10.1. The molecule has 0 bridgehead atoms. The molecule has 0 unspecified atom stereocenters. The van der Waals surface area contributed by atoms with Gasteiger partial charge in [-0.05, 0) is 44.5 Å². The summed E-state index contributed by atoms with van der Waals surface area (Å²) >= 11 is 1.63. The van der Waals surface area contributed by atoms with Crippen LogP contribution in [0.25, 0.3) is 0 Å². The second-order valence-electron chi connectivity index (χ2n) is 7.89. The highest BCUT2D eigenvalue weighted by molar-refractivity contribution is 7.98. The van der Waals surface area contributed by atoms with E-state index >= 15 is 0 Å². The average molecular weight is 428 g/mol. The van der Waals surface area contributed by atoms with E-state index in [-0.39, 0.29) is 11.9 Å². The molecule has 0 aliphatic carbocycles. The van der Waals surface area contributed by atoms with E-state index in [0.717, 1.165) is 67.1 Å². The molecule has 162 valence electrons. The molecule has 1 saturated heterocycles. The van der Waals surface area contributed by atoms with Crippen molar-refractivity contribution in [1.29, 1.82) is 0 Å². The van der Waals surface area contributed by atoms with Gasteiger partial charge in [-0.2, -0.15) is 0 Å². The van der Waals surface area contributed by atoms with Gasteiger partial charge in [0, 0.05) is 55.3 Å². The first-order valence-electron chi connectivity index (χ1n) is 10.9. The number of anilines is 1. The Morgan fingerprint density at radius 2 is 1.90 bits per heavy atom. The Morgan fingerprint density at radius 1 is 1.13 bits per heavy atom. The molecule has 0 radical (unpaired) electrons. The van der Waals surface area contributed by atoms with Crippen molar-refractivity contribution >= 4 is 23.5 Å². The highest BCUT2D eigenvalue weighted by Crippen LogP contribution is 2.24. The van der Waals surface area contributed by atoms with Crippen molar-refractivity contribution in [2.75, 3.05) is 37.6 Å². The van der Waals surface area contributed by atoms with Gasteiger partial charge in [-0.25, -0.2) is 9.97 Å². The predicted molar refractivity (Wildman–Crippen MR) is 124 cm³/mol. The molecular weight excluding hydrogens is 394 g/mol. The third-order valence-corrected chi connectivity index (χ3v) is 6.15. The van der Waals surface area contributed by atoms with Gasteiger partial charge < -0.3 is 15.1 Å². The molecule has 0 spiro atoms. The Hall–Kier alpha value is -2.12. The third kappa shape index (κ3) is 6.19. The molecule has 2 heterocycles. The van der Waals surface area contributed by atoms with Crippen LogP contribution < -0.4 is 10.2 Å². The topological polar surface area (TPSA) is 61.4 Å². The highest BCUT2D eigenvalue weighted by Gasteiger charge is 2.18. The van der Waals surface area contributed by atoms with Crippen LogP contribution in [0.4, 0.5) is 5.82 Å². The number of aromatic nitrogens is 2. The van der Waals surface area contributed by atoms with Crippen molar-refractivity contribution in [1.82, 2.24) is 20.2 Å².